The first kappa shape index (κ1) is 16.3. The average molecular weight is 273 g/mol. The normalized spacial score (nSPS) is 10.6. The van der Waals surface area contributed by atoms with E-state index in [9.17, 15) is 4.79 Å². The van der Waals surface area contributed by atoms with E-state index in [4.69, 9.17) is 5.11 Å². The quantitative estimate of drug-likeness (QED) is 0.810. The van der Waals surface area contributed by atoms with Crippen molar-refractivity contribution in [2.45, 2.75) is 45.6 Å². The van der Waals surface area contributed by atoms with E-state index in [0.717, 1.165) is 12.8 Å². The van der Waals surface area contributed by atoms with Gasteiger partial charge in [0, 0.05) is 17.5 Å². The fourth-order valence-electron chi connectivity index (χ4n) is 2.07. The molecule has 0 aromatic heterocycles. The summed E-state index contributed by atoms with van der Waals surface area (Å²) in [6.45, 7) is 6.18. The standard InChI is InChI=1S/C17H23NO2/c1-4-12-17(2,3)18-16(20)15-11-6-5-9-14(15)10-7-8-13-19/h5-6,9,11,19H,4,8,12-13H2,1-3H3,(H,18,20). The van der Waals surface area contributed by atoms with Gasteiger partial charge in [-0.15, -0.1) is 0 Å². The molecule has 20 heavy (non-hydrogen) atoms. The summed E-state index contributed by atoms with van der Waals surface area (Å²) in [5, 5.41) is 11.8. The molecule has 0 aliphatic rings. The number of carbonyl (C=O) groups excluding carboxylic acids is 1. The number of aliphatic hydroxyl groups excluding tert-OH is 1. The maximum absolute atomic E-state index is 12.4. The van der Waals surface area contributed by atoms with Crippen LogP contribution in [-0.2, 0) is 0 Å². The van der Waals surface area contributed by atoms with Crippen LogP contribution in [0.2, 0.25) is 0 Å². The van der Waals surface area contributed by atoms with Crippen LogP contribution in [0.3, 0.4) is 0 Å². The molecular weight excluding hydrogens is 250 g/mol. The number of hydrogen-bond acceptors (Lipinski definition) is 2. The van der Waals surface area contributed by atoms with Crippen LogP contribution in [0.15, 0.2) is 24.3 Å². The minimum absolute atomic E-state index is 0.0326. The zero-order valence-corrected chi connectivity index (χ0v) is 12.5. The largest absolute Gasteiger partial charge is 0.395 e. The van der Waals surface area contributed by atoms with Gasteiger partial charge in [0.05, 0.1) is 12.2 Å². The van der Waals surface area contributed by atoms with Crippen molar-refractivity contribution in [1.29, 1.82) is 0 Å². The van der Waals surface area contributed by atoms with Gasteiger partial charge >= 0.3 is 0 Å². The van der Waals surface area contributed by atoms with Gasteiger partial charge in [-0.1, -0.05) is 37.3 Å². The molecule has 1 aromatic rings. The smallest absolute Gasteiger partial charge is 0.252 e. The van der Waals surface area contributed by atoms with Crippen molar-refractivity contribution in [3.8, 4) is 11.8 Å². The second kappa shape index (κ2) is 7.72. The van der Waals surface area contributed by atoms with Crippen LogP contribution in [0.5, 0.6) is 0 Å². The molecule has 0 aliphatic heterocycles. The molecule has 0 saturated carbocycles. The highest BCUT2D eigenvalue weighted by atomic mass is 16.2. The van der Waals surface area contributed by atoms with Crippen LogP contribution >= 0.6 is 0 Å². The minimum atomic E-state index is -0.225. The van der Waals surface area contributed by atoms with Crippen molar-refractivity contribution in [2.24, 2.45) is 0 Å². The lowest BCUT2D eigenvalue weighted by Gasteiger charge is -2.26. The summed E-state index contributed by atoms with van der Waals surface area (Å²) in [6, 6.07) is 7.29. The van der Waals surface area contributed by atoms with Crippen molar-refractivity contribution >= 4 is 5.91 Å². The Kier molecular flexibility index (Phi) is 6.27. The molecule has 0 spiro atoms. The number of carbonyl (C=O) groups is 1. The topological polar surface area (TPSA) is 49.3 Å². The first-order chi connectivity index (χ1) is 9.50. The Balaban J connectivity index is 2.91. The zero-order valence-electron chi connectivity index (χ0n) is 12.5. The third kappa shape index (κ3) is 5.07. The van der Waals surface area contributed by atoms with Crippen molar-refractivity contribution in [3.05, 3.63) is 35.4 Å². The van der Waals surface area contributed by atoms with E-state index in [1.165, 1.54) is 0 Å². The first-order valence-electron chi connectivity index (χ1n) is 7.01. The molecule has 0 bridgehead atoms. The summed E-state index contributed by atoms with van der Waals surface area (Å²) in [6.07, 6.45) is 2.36. The lowest BCUT2D eigenvalue weighted by molar-refractivity contribution is 0.0909. The average Bonchev–Trinajstić information content (AvgIpc) is 2.38. The van der Waals surface area contributed by atoms with Gasteiger partial charge in [0.1, 0.15) is 0 Å². The highest BCUT2D eigenvalue weighted by Crippen LogP contribution is 2.14. The molecule has 1 amide bonds. The van der Waals surface area contributed by atoms with Gasteiger partial charge in [0.25, 0.3) is 5.91 Å². The number of aliphatic hydroxyl groups is 1. The number of hydrogen-bond donors (Lipinski definition) is 2. The second-order valence-corrected chi connectivity index (χ2v) is 5.41. The third-order valence-electron chi connectivity index (χ3n) is 2.96. The molecular formula is C17H23NO2. The van der Waals surface area contributed by atoms with Crippen LogP contribution < -0.4 is 5.32 Å². The van der Waals surface area contributed by atoms with Crippen molar-refractivity contribution in [2.75, 3.05) is 6.61 Å². The van der Waals surface area contributed by atoms with Gasteiger partial charge in [0.2, 0.25) is 0 Å². The summed E-state index contributed by atoms with van der Waals surface area (Å²) in [4.78, 5) is 12.4. The van der Waals surface area contributed by atoms with E-state index >= 15 is 0 Å². The zero-order chi connectivity index (χ0) is 15.0. The van der Waals surface area contributed by atoms with Gasteiger partial charge in [-0.05, 0) is 32.4 Å². The molecule has 2 N–H and O–H groups in total. The molecule has 0 saturated heterocycles. The van der Waals surface area contributed by atoms with Gasteiger partial charge in [0.15, 0.2) is 0 Å². The molecule has 3 heteroatoms. The molecule has 0 fully saturated rings. The maximum Gasteiger partial charge on any atom is 0.252 e. The first-order valence-corrected chi connectivity index (χ1v) is 7.01. The molecule has 1 rings (SSSR count). The minimum Gasteiger partial charge on any atom is -0.395 e. The lowest BCUT2D eigenvalue weighted by atomic mass is 9.97. The summed E-state index contributed by atoms with van der Waals surface area (Å²) >= 11 is 0. The summed E-state index contributed by atoms with van der Waals surface area (Å²) in [5.41, 5.74) is 1.06. The second-order valence-electron chi connectivity index (χ2n) is 5.41. The Morgan fingerprint density at radius 2 is 2.05 bits per heavy atom. The molecule has 3 nitrogen and oxygen atoms in total. The lowest BCUT2D eigenvalue weighted by Crippen LogP contribution is -2.43. The van der Waals surface area contributed by atoms with Gasteiger partial charge in [-0.25, -0.2) is 0 Å². The van der Waals surface area contributed by atoms with Crippen LogP contribution in [0.25, 0.3) is 0 Å². The van der Waals surface area contributed by atoms with Crippen LogP contribution in [0.1, 0.15) is 56.0 Å². The molecule has 0 aliphatic carbocycles. The summed E-state index contributed by atoms with van der Waals surface area (Å²) < 4.78 is 0. The predicted octanol–water partition coefficient (Wildman–Crippen LogP) is 2.73. The van der Waals surface area contributed by atoms with Crippen molar-refractivity contribution in [1.82, 2.24) is 5.32 Å². The maximum atomic E-state index is 12.4. The molecule has 1 aromatic carbocycles. The SMILES string of the molecule is CCCC(C)(C)NC(=O)c1ccccc1C#CCCO. The summed E-state index contributed by atoms with van der Waals surface area (Å²) in [7, 11) is 0. The number of amides is 1. The molecule has 0 heterocycles. The van der Waals surface area contributed by atoms with Crippen molar-refractivity contribution < 1.29 is 9.90 Å². The van der Waals surface area contributed by atoms with E-state index in [1.807, 2.05) is 32.0 Å². The van der Waals surface area contributed by atoms with E-state index in [-0.39, 0.29) is 18.1 Å². The highest BCUT2D eigenvalue weighted by molar-refractivity contribution is 5.97. The van der Waals surface area contributed by atoms with Crippen LogP contribution in [0, 0.1) is 11.8 Å². The van der Waals surface area contributed by atoms with Crippen LogP contribution in [0.4, 0.5) is 0 Å². The van der Waals surface area contributed by atoms with Gasteiger partial charge in [-0.2, -0.15) is 0 Å². The Bertz CT molecular complexity index is 509. The molecule has 0 radical (unpaired) electrons. The Morgan fingerprint density at radius 3 is 2.70 bits per heavy atom. The fourth-order valence-corrected chi connectivity index (χ4v) is 2.07. The number of nitrogens with one attached hydrogen (secondary N) is 1. The van der Waals surface area contributed by atoms with Gasteiger partial charge in [-0.3, -0.25) is 4.79 Å². The molecule has 108 valence electrons. The molecule has 0 atom stereocenters. The van der Waals surface area contributed by atoms with E-state index in [1.54, 1.807) is 6.07 Å². The predicted molar refractivity (Wildman–Crippen MR) is 81.5 cm³/mol. The van der Waals surface area contributed by atoms with Crippen molar-refractivity contribution in [3.63, 3.8) is 0 Å². The Labute approximate surface area is 121 Å². The monoisotopic (exact) mass is 273 g/mol. The number of benzene rings is 1. The van der Waals surface area contributed by atoms with E-state index in [2.05, 4.69) is 24.1 Å². The Morgan fingerprint density at radius 1 is 1.35 bits per heavy atom. The van der Waals surface area contributed by atoms with Gasteiger partial charge < -0.3 is 10.4 Å². The fraction of sp³-hybridized carbons (Fsp3) is 0.471. The van der Waals surface area contributed by atoms with E-state index in [0.29, 0.717) is 17.5 Å². The molecule has 0 unspecified atom stereocenters. The van der Waals surface area contributed by atoms with E-state index < -0.39 is 0 Å². The van der Waals surface area contributed by atoms with Crippen LogP contribution in [-0.4, -0.2) is 23.2 Å². The number of rotatable bonds is 5. The third-order valence-corrected chi connectivity index (χ3v) is 2.96. The summed E-state index contributed by atoms with van der Waals surface area (Å²) in [5.74, 6) is 5.70. The highest BCUT2D eigenvalue weighted by Gasteiger charge is 2.21. The Hall–Kier alpha value is -1.79.